The zero-order chi connectivity index (χ0) is 19.6. The molecule has 3 rings (SSSR count). The second-order valence-corrected chi connectivity index (χ2v) is 5.98. The van der Waals surface area contributed by atoms with Crippen LogP contribution in [0.3, 0.4) is 0 Å². The van der Waals surface area contributed by atoms with Gasteiger partial charge in [-0.2, -0.15) is 13.9 Å². The molecular weight excluding hydrogens is 384 g/mol. The third-order valence-electron chi connectivity index (χ3n) is 3.73. The fraction of sp³-hybridized carbons (Fsp3) is 0.250. The Morgan fingerprint density at radius 3 is 2.89 bits per heavy atom. The number of hydrogen-bond acceptors (Lipinski definition) is 5. The summed E-state index contributed by atoms with van der Waals surface area (Å²) in [4.78, 5) is 28.6. The molecule has 1 N–H and O–H groups in total. The Morgan fingerprint density at radius 1 is 1.41 bits per heavy atom. The van der Waals surface area contributed by atoms with E-state index >= 15 is 0 Å². The lowest BCUT2D eigenvalue weighted by Crippen LogP contribution is -2.23. The van der Waals surface area contributed by atoms with E-state index in [1.807, 2.05) is 0 Å². The highest BCUT2D eigenvalue weighted by Crippen LogP contribution is 2.28. The number of fused-ring (bicyclic) bond motifs is 1. The maximum atomic E-state index is 12.3. The van der Waals surface area contributed by atoms with Crippen molar-refractivity contribution in [2.45, 2.75) is 19.6 Å². The van der Waals surface area contributed by atoms with Crippen molar-refractivity contribution in [1.29, 1.82) is 0 Å². The van der Waals surface area contributed by atoms with Gasteiger partial charge in [0, 0.05) is 25.7 Å². The lowest BCUT2D eigenvalue weighted by atomic mass is 10.3. The number of carbonyl (C=O) groups is 1. The Morgan fingerprint density at radius 2 is 2.19 bits per heavy atom. The van der Waals surface area contributed by atoms with Crippen molar-refractivity contribution in [2.75, 3.05) is 5.32 Å². The van der Waals surface area contributed by atoms with E-state index in [-0.39, 0.29) is 35.2 Å². The van der Waals surface area contributed by atoms with Crippen molar-refractivity contribution < 1.29 is 18.3 Å². The fourth-order valence-electron chi connectivity index (χ4n) is 2.44. The molecule has 0 radical (unpaired) electrons. The normalized spacial score (nSPS) is 11.1. The molecule has 27 heavy (non-hydrogen) atoms. The van der Waals surface area contributed by atoms with Gasteiger partial charge < -0.3 is 10.1 Å². The van der Waals surface area contributed by atoms with E-state index in [0.29, 0.717) is 16.7 Å². The number of hydrogen-bond donors (Lipinski definition) is 1. The molecule has 142 valence electrons. The number of carbonyl (C=O) groups excluding carboxylic acids is 1. The van der Waals surface area contributed by atoms with Gasteiger partial charge in [0.15, 0.2) is 5.65 Å². The van der Waals surface area contributed by atoms with Crippen LogP contribution >= 0.6 is 11.6 Å². The molecule has 0 aliphatic carbocycles. The first-order chi connectivity index (χ1) is 12.8. The Balaban J connectivity index is 1.64. The van der Waals surface area contributed by atoms with E-state index in [9.17, 15) is 18.4 Å². The topological polar surface area (TPSA) is 91.0 Å². The van der Waals surface area contributed by atoms with Crippen molar-refractivity contribution in [3.8, 4) is 5.75 Å². The van der Waals surface area contributed by atoms with Gasteiger partial charge in [0.05, 0.1) is 17.5 Å². The van der Waals surface area contributed by atoms with Crippen LogP contribution in [-0.4, -0.2) is 31.9 Å². The molecule has 2 heterocycles. The monoisotopic (exact) mass is 397 g/mol. The number of rotatable bonds is 6. The number of nitrogens with zero attached hydrogens (tertiary/aromatic N) is 4. The molecule has 0 bridgehead atoms. The lowest BCUT2D eigenvalue weighted by molar-refractivity contribution is -0.116. The summed E-state index contributed by atoms with van der Waals surface area (Å²) in [5.74, 6) is -0.571. The molecule has 0 atom stereocenters. The molecule has 1 aromatic carbocycles. The van der Waals surface area contributed by atoms with E-state index in [2.05, 4.69) is 20.1 Å². The summed E-state index contributed by atoms with van der Waals surface area (Å²) in [7, 11) is 1.68. The molecule has 0 saturated carbocycles. The van der Waals surface area contributed by atoms with Crippen LogP contribution in [0.4, 0.5) is 14.5 Å². The van der Waals surface area contributed by atoms with Gasteiger partial charge >= 0.3 is 6.61 Å². The molecule has 0 aliphatic rings. The summed E-state index contributed by atoms with van der Waals surface area (Å²) in [6.45, 7) is -2.88. The summed E-state index contributed by atoms with van der Waals surface area (Å²) in [6.07, 6.45) is 2.78. The molecule has 0 aliphatic heterocycles. The number of aromatic nitrogens is 4. The van der Waals surface area contributed by atoms with Crippen LogP contribution in [0.25, 0.3) is 11.0 Å². The SMILES string of the molecule is Cn1ncc2c(=O)n(CCC(=O)Nc3ccc(OC(F)F)c(Cl)c3)cnc21. The predicted molar refractivity (Wildman–Crippen MR) is 94.1 cm³/mol. The third kappa shape index (κ3) is 4.22. The number of ether oxygens (including phenoxy) is 1. The average Bonchev–Trinajstić information content (AvgIpc) is 2.98. The van der Waals surface area contributed by atoms with Crippen molar-refractivity contribution in [1.82, 2.24) is 19.3 Å². The average molecular weight is 398 g/mol. The Bertz CT molecular complexity index is 1050. The predicted octanol–water partition coefficient (Wildman–Crippen LogP) is 2.41. The zero-order valence-electron chi connectivity index (χ0n) is 14.0. The molecule has 2 aromatic heterocycles. The van der Waals surface area contributed by atoms with Crippen molar-refractivity contribution in [2.24, 2.45) is 7.05 Å². The van der Waals surface area contributed by atoms with E-state index in [4.69, 9.17) is 11.6 Å². The maximum absolute atomic E-state index is 12.3. The molecule has 0 fully saturated rings. The van der Waals surface area contributed by atoms with Gasteiger partial charge in [-0.05, 0) is 18.2 Å². The molecule has 0 saturated heterocycles. The van der Waals surface area contributed by atoms with Gasteiger partial charge in [-0.3, -0.25) is 18.8 Å². The standard InChI is InChI=1S/C16H14ClF2N5O3/c1-23-14-10(7-21-23)15(26)24(8-20-14)5-4-13(25)22-9-2-3-12(11(17)6-9)27-16(18)19/h2-3,6-8,16H,4-5H2,1H3,(H,22,25). The third-order valence-corrected chi connectivity index (χ3v) is 4.02. The highest BCUT2D eigenvalue weighted by Gasteiger charge is 2.12. The number of nitrogens with one attached hydrogen (secondary N) is 1. The van der Waals surface area contributed by atoms with Crippen LogP contribution in [0.1, 0.15) is 6.42 Å². The molecule has 0 spiro atoms. The Kier molecular flexibility index (Phi) is 5.36. The van der Waals surface area contributed by atoms with Gasteiger partial charge in [-0.1, -0.05) is 11.6 Å². The minimum absolute atomic E-state index is 0.000258. The van der Waals surface area contributed by atoms with Gasteiger partial charge in [-0.15, -0.1) is 0 Å². The molecule has 1 amide bonds. The number of benzene rings is 1. The Labute approximate surface area is 156 Å². The van der Waals surface area contributed by atoms with E-state index in [1.165, 1.54) is 40.0 Å². The minimum Gasteiger partial charge on any atom is -0.433 e. The number of halogens is 3. The first kappa shape index (κ1) is 18.8. The summed E-state index contributed by atoms with van der Waals surface area (Å²) in [5, 5.41) is 6.85. The van der Waals surface area contributed by atoms with Gasteiger partial charge in [-0.25, -0.2) is 4.98 Å². The summed E-state index contributed by atoms with van der Waals surface area (Å²) in [5.41, 5.74) is 0.485. The molecule has 3 aromatic rings. The van der Waals surface area contributed by atoms with Crippen LogP contribution in [0.2, 0.25) is 5.02 Å². The molecule has 0 unspecified atom stereocenters. The van der Waals surface area contributed by atoms with Crippen LogP contribution in [0.5, 0.6) is 5.75 Å². The summed E-state index contributed by atoms with van der Waals surface area (Å²) >= 11 is 5.84. The number of alkyl halides is 2. The van der Waals surface area contributed by atoms with E-state index in [1.54, 1.807) is 7.05 Å². The van der Waals surface area contributed by atoms with Crippen molar-refractivity contribution in [3.05, 3.63) is 46.1 Å². The van der Waals surface area contributed by atoms with Gasteiger partial charge in [0.1, 0.15) is 11.1 Å². The van der Waals surface area contributed by atoms with Crippen LogP contribution in [0.15, 0.2) is 35.5 Å². The highest BCUT2D eigenvalue weighted by atomic mass is 35.5. The summed E-state index contributed by atoms with van der Waals surface area (Å²) < 4.78 is 31.5. The quantitative estimate of drug-likeness (QED) is 0.689. The Hall–Kier alpha value is -3.01. The fourth-order valence-corrected chi connectivity index (χ4v) is 2.67. The van der Waals surface area contributed by atoms with E-state index in [0.717, 1.165) is 0 Å². The number of aryl methyl sites for hydroxylation is 2. The largest absolute Gasteiger partial charge is 0.433 e. The van der Waals surface area contributed by atoms with Gasteiger partial charge in [0.2, 0.25) is 5.91 Å². The van der Waals surface area contributed by atoms with Gasteiger partial charge in [0.25, 0.3) is 5.56 Å². The second-order valence-electron chi connectivity index (χ2n) is 5.57. The molecule has 11 heteroatoms. The lowest BCUT2D eigenvalue weighted by Gasteiger charge is -2.10. The zero-order valence-corrected chi connectivity index (χ0v) is 14.8. The van der Waals surface area contributed by atoms with Crippen molar-refractivity contribution >= 4 is 34.2 Å². The maximum Gasteiger partial charge on any atom is 0.387 e. The molecular formula is C16H14ClF2N5O3. The van der Waals surface area contributed by atoms with E-state index < -0.39 is 6.61 Å². The van der Waals surface area contributed by atoms with Crippen LogP contribution in [0, 0.1) is 0 Å². The highest BCUT2D eigenvalue weighted by molar-refractivity contribution is 6.32. The number of amides is 1. The second kappa shape index (κ2) is 7.70. The molecule has 8 nitrogen and oxygen atoms in total. The van der Waals surface area contributed by atoms with Crippen LogP contribution in [-0.2, 0) is 18.4 Å². The smallest absolute Gasteiger partial charge is 0.387 e. The minimum atomic E-state index is -2.99. The van der Waals surface area contributed by atoms with Crippen LogP contribution < -0.4 is 15.6 Å². The summed E-state index contributed by atoms with van der Waals surface area (Å²) in [6, 6.07) is 3.92. The first-order valence-electron chi connectivity index (χ1n) is 7.76. The first-order valence-corrected chi connectivity index (χ1v) is 8.14. The van der Waals surface area contributed by atoms with Crippen molar-refractivity contribution in [3.63, 3.8) is 0 Å². The number of anilines is 1.